The SMILES string of the molecule is C[P@@]1(=O)CC[C@@]23CCCC[C@]21O3. The molecule has 0 bridgehead atoms. The molecule has 3 rings (SSSR count). The molecule has 12 heavy (non-hydrogen) atoms. The second-order valence-electron chi connectivity index (χ2n) is 4.66. The van der Waals surface area contributed by atoms with Crippen molar-refractivity contribution >= 4 is 7.14 Å². The summed E-state index contributed by atoms with van der Waals surface area (Å²) in [7, 11) is -1.94. The van der Waals surface area contributed by atoms with Gasteiger partial charge >= 0.3 is 0 Å². The summed E-state index contributed by atoms with van der Waals surface area (Å²) in [6, 6.07) is 0. The van der Waals surface area contributed by atoms with Crippen molar-refractivity contribution in [1.29, 1.82) is 0 Å². The molecule has 2 heterocycles. The molecule has 3 heteroatoms. The van der Waals surface area contributed by atoms with Crippen LogP contribution in [0.2, 0.25) is 0 Å². The normalized spacial score (nSPS) is 62.4. The molecule has 0 aromatic heterocycles. The zero-order chi connectivity index (χ0) is 8.45. The summed E-state index contributed by atoms with van der Waals surface area (Å²) in [5.41, 5.74) is 0.107. The molecule has 1 saturated carbocycles. The Morgan fingerprint density at radius 2 is 2.00 bits per heavy atom. The molecule has 0 aromatic rings. The quantitative estimate of drug-likeness (QED) is 0.429. The third-order valence-corrected chi connectivity index (χ3v) is 7.41. The number of hydrogen-bond donors (Lipinski definition) is 0. The van der Waals surface area contributed by atoms with Crippen LogP contribution in [0, 0.1) is 0 Å². The number of ether oxygens (including phenoxy) is 1. The zero-order valence-electron chi connectivity index (χ0n) is 7.51. The summed E-state index contributed by atoms with van der Waals surface area (Å²) in [6.07, 6.45) is 6.75. The maximum atomic E-state index is 12.2. The summed E-state index contributed by atoms with van der Waals surface area (Å²) in [6.45, 7) is 1.95. The fourth-order valence-electron chi connectivity index (χ4n) is 3.31. The van der Waals surface area contributed by atoms with Gasteiger partial charge in [-0.15, -0.1) is 0 Å². The molecule has 1 aliphatic carbocycles. The first-order chi connectivity index (χ1) is 5.62. The van der Waals surface area contributed by atoms with Crippen LogP contribution < -0.4 is 0 Å². The lowest BCUT2D eigenvalue weighted by Gasteiger charge is -2.21. The van der Waals surface area contributed by atoms with E-state index in [1.54, 1.807) is 0 Å². The second-order valence-corrected chi connectivity index (χ2v) is 8.03. The van der Waals surface area contributed by atoms with Crippen molar-refractivity contribution in [2.24, 2.45) is 0 Å². The van der Waals surface area contributed by atoms with Crippen LogP contribution in [0.5, 0.6) is 0 Å². The van der Waals surface area contributed by atoms with Crippen LogP contribution in [0.1, 0.15) is 32.1 Å². The molecular formula is C9H15O2P. The average Bonchev–Trinajstić information content (AvgIpc) is 2.66. The minimum absolute atomic E-state index is 0.107. The Kier molecular flexibility index (Phi) is 1.16. The third-order valence-electron chi connectivity index (χ3n) is 4.09. The highest BCUT2D eigenvalue weighted by Crippen LogP contribution is 2.82. The van der Waals surface area contributed by atoms with Gasteiger partial charge in [0.25, 0.3) is 0 Å². The van der Waals surface area contributed by atoms with Crippen LogP contribution in [-0.4, -0.2) is 23.8 Å². The Morgan fingerprint density at radius 3 is 2.75 bits per heavy atom. The van der Waals surface area contributed by atoms with E-state index in [0.29, 0.717) is 0 Å². The van der Waals surface area contributed by atoms with Crippen molar-refractivity contribution in [1.82, 2.24) is 0 Å². The van der Waals surface area contributed by atoms with Crippen LogP contribution >= 0.6 is 7.14 Å². The van der Waals surface area contributed by atoms with Crippen molar-refractivity contribution in [2.45, 2.75) is 43.0 Å². The monoisotopic (exact) mass is 186 g/mol. The van der Waals surface area contributed by atoms with Gasteiger partial charge in [0.2, 0.25) is 0 Å². The Hall–Kier alpha value is 0.190. The van der Waals surface area contributed by atoms with E-state index in [4.69, 9.17) is 4.74 Å². The lowest BCUT2D eigenvalue weighted by molar-refractivity contribution is 0.267. The Balaban J connectivity index is 2.06. The van der Waals surface area contributed by atoms with Crippen LogP contribution in [0.15, 0.2) is 0 Å². The van der Waals surface area contributed by atoms with E-state index in [-0.39, 0.29) is 10.9 Å². The van der Waals surface area contributed by atoms with Gasteiger partial charge < -0.3 is 9.30 Å². The van der Waals surface area contributed by atoms with Gasteiger partial charge in [-0.25, -0.2) is 0 Å². The molecule has 2 aliphatic heterocycles. The topological polar surface area (TPSA) is 29.6 Å². The van der Waals surface area contributed by atoms with Crippen molar-refractivity contribution in [3.63, 3.8) is 0 Å². The van der Waals surface area contributed by atoms with Crippen molar-refractivity contribution in [2.75, 3.05) is 12.8 Å². The van der Waals surface area contributed by atoms with Crippen LogP contribution in [0.3, 0.4) is 0 Å². The molecule has 0 N–H and O–H groups in total. The van der Waals surface area contributed by atoms with Crippen molar-refractivity contribution < 1.29 is 9.30 Å². The van der Waals surface area contributed by atoms with Gasteiger partial charge in [0.15, 0.2) is 0 Å². The maximum absolute atomic E-state index is 12.2. The number of epoxide rings is 1. The van der Waals surface area contributed by atoms with Gasteiger partial charge in [0, 0.05) is 6.16 Å². The lowest BCUT2D eigenvalue weighted by Crippen LogP contribution is -2.23. The Morgan fingerprint density at radius 1 is 1.25 bits per heavy atom. The summed E-state index contributed by atoms with van der Waals surface area (Å²) in [5.74, 6) is 0. The highest BCUT2D eigenvalue weighted by molar-refractivity contribution is 7.65. The predicted molar refractivity (Wildman–Crippen MR) is 48.0 cm³/mol. The van der Waals surface area contributed by atoms with E-state index in [1.165, 1.54) is 19.3 Å². The largest absolute Gasteiger partial charge is 0.354 e. The molecule has 2 nitrogen and oxygen atoms in total. The molecule has 0 aromatic carbocycles. The molecule has 3 aliphatic rings. The lowest BCUT2D eigenvalue weighted by atomic mass is 9.87. The second kappa shape index (κ2) is 1.83. The van der Waals surface area contributed by atoms with E-state index >= 15 is 0 Å². The van der Waals surface area contributed by atoms with E-state index in [1.807, 2.05) is 6.66 Å². The standard InChI is InChI=1S/C9H15O2P/c1-12(10)7-6-8-4-2-3-5-9(8,12)11-8/h2-7H2,1H3/t8-,9+,12+/m0/s1. The Labute approximate surface area is 73.0 Å². The molecule has 2 saturated heterocycles. The van der Waals surface area contributed by atoms with Gasteiger partial charge in [-0.1, -0.05) is 6.42 Å². The van der Waals surface area contributed by atoms with Gasteiger partial charge in [-0.05, 0) is 32.3 Å². The number of rotatable bonds is 0. The van der Waals surface area contributed by atoms with E-state index < -0.39 is 7.14 Å². The first kappa shape index (κ1) is 7.58. The third kappa shape index (κ3) is 0.590. The van der Waals surface area contributed by atoms with Gasteiger partial charge in [0.05, 0.1) is 0 Å². The summed E-state index contributed by atoms with van der Waals surface area (Å²) < 4.78 is 18.1. The van der Waals surface area contributed by atoms with E-state index in [2.05, 4.69) is 0 Å². The van der Waals surface area contributed by atoms with E-state index in [9.17, 15) is 4.57 Å². The zero-order valence-corrected chi connectivity index (χ0v) is 8.40. The highest BCUT2D eigenvalue weighted by Gasteiger charge is 2.80. The van der Waals surface area contributed by atoms with Crippen LogP contribution in [0.25, 0.3) is 0 Å². The molecule has 0 radical (unpaired) electrons. The molecule has 68 valence electrons. The summed E-state index contributed by atoms with van der Waals surface area (Å²) >= 11 is 0. The fourth-order valence-corrected chi connectivity index (χ4v) is 6.54. The van der Waals surface area contributed by atoms with Crippen molar-refractivity contribution in [3.05, 3.63) is 0 Å². The molecule has 3 fully saturated rings. The molecular weight excluding hydrogens is 171 g/mol. The molecule has 3 atom stereocenters. The predicted octanol–water partition coefficient (Wildman–Crippen LogP) is 2.42. The average molecular weight is 186 g/mol. The minimum atomic E-state index is -1.94. The summed E-state index contributed by atoms with van der Waals surface area (Å²) in [4.78, 5) is 0. The first-order valence-electron chi connectivity index (χ1n) is 4.89. The molecule has 0 amide bonds. The Bertz CT molecular complexity index is 284. The molecule has 0 unspecified atom stereocenters. The smallest absolute Gasteiger partial charge is 0.150 e. The van der Waals surface area contributed by atoms with Crippen LogP contribution in [-0.2, 0) is 9.30 Å². The summed E-state index contributed by atoms with van der Waals surface area (Å²) in [5, 5.41) is -0.113. The van der Waals surface area contributed by atoms with Gasteiger partial charge in [0.1, 0.15) is 18.1 Å². The highest BCUT2D eigenvalue weighted by atomic mass is 31.2. The van der Waals surface area contributed by atoms with E-state index in [0.717, 1.165) is 19.0 Å². The van der Waals surface area contributed by atoms with Gasteiger partial charge in [-0.2, -0.15) is 0 Å². The maximum Gasteiger partial charge on any atom is 0.150 e. The fraction of sp³-hybridized carbons (Fsp3) is 1.00. The molecule has 0 spiro atoms. The van der Waals surface area contributed by atoms with Gasteiger partial charge in [-0.3, -0.25) is 0 Å². The number of hydrogen-bond acceptors (Lipinski definition) is 2. The first-order valence-corrected chi connectivity index (χ1v) is 7.23. The van der Waals surface area contributed by atoms with Crippen molar-refractivity contribution in [3.8, 4) is 0 Å². The van der Waals surface area contributed by atoms with Crippen LogP contribution in [0.4, 0.5) is 0 Å². The minimum Gasteiger partial charge on any atom is -0.354 e.